The van der Waals surface area contributed by atoms with Crippen LogP contribution in [0, 0.1) is 5.92 Å². The molecule has 0 bridgehead atoms. The Kier molecular flexibility index (Phi) is 6.39. The second-order valence-electron chi connectivity index (χ2n) is 9.09. The number of aliphatic hydroxyl groups excluding tert-OH is 1. The third kappa shape index (κ3) is 4.21. The number of aliphatic hydroxyl groups is 1. The summed E-state index contributed by atoms with van der Waals surface area (Å²) in [7, 11) is 0. The second-order valence-corrected chi connectivity index (χ2v) is 10.1. The smallest absolute Gasteiger partial charge is 0.290 e. The number of carbonyl (C=O) groups excluding carboxylic acids is 2. The first-order valence-electron chi connectivity index (χ1n) is 11.7. The van der Waals surface area contributed by atoms with E-state index in [0.29, 0.717) is 12.5 Å². The fourth-order valence-corrected chi connectivity index (χ4v) is 5.84. The van der Waals surface area contributed by atoms with Crippen LogP contribution in [0.3, 0.4) is 0 Å². The molecule has 1 N–H and O–H groups in total. The first-order chi connectivity index (χ1) is 16.5. The van der Waals surface area contributed by atoms with E-state index in [1.54, 1.807) is 17.0 Å². The van der Waals surface area contributed by atoms with E-state index in [9.17, 15) is 14.7 Å². The molecule has 0 radical (unpaired) electrons. The van der Waals surface area contributed by atoms with Gasteiger partial charge < -0.3 is 14.4 Å². The maximum atomic E-state index is 13.4. The minimum absolute atomic E-state index is 0.0361. The van der Waals surface area contributed by atoms with Crippen molar-refractivity contribution in [3.8, 4) is 0 Å². The van der Waals surface area contributed by atoms with Crippen molar-refractivity contribution in [2.45, 2.75) is 31.8 Å². The molecule has 176 valence electrons. The standard InChI is InChI=1S/C27H28N2O4S/c1-18-11-13-28(14-12-18)20(19-7-3-2-4-8-19)17-29-24(22-10-6-16-34-22)23(26(31)27(29)32)25(30)21-9-5-15-33-21/h2-10,15-16,18,20,24,31H,11-14,17H2,1H3. The highest BCUT2D eigenvalue weighted by molar-refractivity contribution is 7.10. The van der Waals surface area contributed by atoms with Crippen molar-refractivity contribution in [2.75, 3.05) is 19.6 Å². The molecule has 7 heteroatoms. The number of nitrogens with zero attached hydrogens (tertiary/aromatic N) is 2. The molecule has 4 heterocycles. The highest BCUT2D eigenvalue weighted by atomic mass is 32.1. The van der Waals surface area contributed by atoms with Gasteiger partial charge in [-0.15, -0.1) is 11.3 Å². The van der Waals surface area contributed by atoms with Crippen molar-refractivity contribution in [2.24, 2.45) is 5.92 Å². The quantitative estimate of drug-likeness (QED) is 0.463. The van der Waals surface area contributed by atoms with Crippen LogP contribution >= 0.6 is 11.3 Å². The van der Waals surface area contributed by atoms with Gasteiger partial charge >= 0.3 is 0 Å². The van der Waals surface area contributed by atoms with Crippen LogP contribution in [0.2, 0.25) is 0 Å². The van der Waals surface area contributed by atoms with Gasteiger partial charge in [0.05, 0.1) is 23.9 Å². The van der Waals surface area contributed by atoms with E-state index in [1.807, 2.05) is 35.7 Å². The van der Waals surface area contributed by atoms with Crippen LogP contribution in [0.25, 0.3) is 0 Å². The number of thiophene rings is 1. The van der Waals surface area contributed by atoms with E-state index in [-0.39, 0.29) is 17.4 Å². The second kappa shape index (κ2) is 9.60. The lowest BCUT2D eigenvalue weighted by molar-refractivity contribution is -0.130. The summed E-state index contributed by atoms with van der Waals surface area (Å²) in [6.45, 7) is 4.55. The molecule has 3 aromatic rings. The average Bonchev–Trinajstić information content (AvgIpc) is 3.62. The van der Waals surface area contributed by atoms with Crippen LogP contribution in [-0.2, 0) is 4.79 Å². The number of benzene rings is 1. The van der Waals surface area contributed by atoms with Gasteiger partial charge in [0.2, 0.25) is 5.78 Å². The molecule has 1 aromatic carbocycles. The Bertz CT molecular complexity index is 1160. The van der Waals surface area contributed by atoms with Crippen molar-refractivity contribution in [1.82, 2.24) is 9.80 Å². The highest BCUT2D eigenvalue weighted by Gasteiger charge is 2.46. The molecule has 2 aliphatic heterocycles. The Hall–Kier alpha value is -3.16. The molecule has 1 amide bonds. The summed E-state index contributed by atoms with van der Waals surface area (Å²) in [5.41, 5.74) is 1.21. The monoisotopic (exact) mass is 476 g/mol. The number of rotatable bonds is 7. The van der Waals surface area contributed by atoms with E-state index in [1.165, 1.54) is 17.6 Å². The Morgan fingerprint density at radius 2 is 1.88 bits per heavy atom. The number of amides is 1. The zero-order valence-electron chi connectivity index (χ0n) is 19.1. The molecule has 0 spiro atoms. The molecular formula is C27H28N2O4S. The van der Waals surface area contributed by atoms with Crippen molar-refractivity contribution in [1.29, 1.82) is 0 Å². The molecule has 2 unspecified atom stereocenters. The summed E-state index contributed by atoms with van der Waals surface area (Å²) in [6, 6.07) is 16.5. The zero-order valence-corrected chi connectivity index (χ0v) is 19.9. The first kappa shape index (κ1) is 22.6. The topological polar surface area (TPSA) is 74.0 Å². The zero-order chi connectivity index (χ0) is 23.7. The van der Waals surface area contributed by atoms with Crippen molar-refractivity contribution < 1.29 is 19.1 Å². The van der Waals surface area contributed by atoms with Gasteiger partial charge in [0.25, 0.3) is 5.91 Å². The van der Waals surface area contributed by atoms with Crippen LogP contribution < -0.4 is 0 Å². The summed E-state index contributed by atoms with van der Waals surface area (Å²) in [4.78, 5) is 31.7. The summed E-state index contributed by atoms with van der Waals surface area (Å²) < 4.78 is 5.32. The average molecular weight is 477 g/mol. The number of hydrogen-bond acceptors (Lipinski definition) is 6. The number of Topliss-reactive ketones (excluding diaryl/α,β-unsaturated/α-hetero) is 1. The molecule has 6 nitrogen and oxygen atoms in total. The number of likely N-dealkylation sites (tertiary alicyclic amines) is 1. The maximum Gasteiger partial charge on any atom is 0.290 e. The lowest BCUT2D eigenvalue weighted by Gasteiger charge is -2.40. The number of piperidine rings is 1. The van der Waals surface area contributed by atoms with Crippen LogP contribution in [0.1, 0.15) is 52.8 Å². The van der Waals surface area contributed by atoms with Crippen molar-refractivity contribution in [3.05, 3.63) is 93.8 Å². The highest BCUT2D eigenvalue weighted by Crippen LogP contribution is 2.42. The van der Waals surface area contributed by atoms with E-state index >= 15 is 0 Å². The van der Waals surface area contributed by atoms with Crippen molar-refractivity contribution in [3.63, 3.8) is 0 Å². The van der Waals surface area contributed by atoms with Gasteiger partial charge in [0.1, 0.15) is 0 Å². The van der Waals surface area contributed by atoms with E-state index < -0.39 is 23.5 Å². The number of furan rings is 1. The largest absolute Gasteiger partial charge is 0.503 e. The fraction of sp³-hybridized carbons (Fsp3) is 0.333. The van der Waals surface area contributed by atoms with Crippen molar-refractivity contribution >= 4 is 23.0 Å². The normalized spacial score (nSPS) is 20.8. The van der Waals surface area contributed by atoms with Gasteiger partial charge in [0, 0.05) is 11.4 Å². The SMILES string of the molecule is CC1CCN(C(CN2C(=O)C(O)=C(C(=O)c3ccco3)C2c2cccs2)c2ccccc2)CC1. The lowest BCUT2D eigenvalue weighted by atomic mass is 9.95. The maximum absolute atomic E-state index is 13.4. The summed E-state index contributed by atoms with van der Waals surface area (Å²) in [5, 5.41) is 12.8. The van der Waals surface area contributed by atoms with Gasteiger partial charge in [0.15, 0.2) is 11.5 Å². The van der Waals surface area contributed by atoms with E-state index in [4.69, 9.17) is 4.42 Å². The minimum atomic E-state index is -0.653. The first-order valence-corrected chi connectivity index (χ1v) is 12.6. The molecule has 2 atom stereocenters. The third-order valence-electron chi connectivity index (χ3n) is 6.92. The molecular weight excluding hydrogens is 448 g/mol. The van der Waals surface area contributed by atoms with Gasteiger partial charge in [-0.2, -0.15) is 0 Å². The number of hydrogen-bond donors (Lipinski definition) is 1. The van der Waals surface area contributed by atoms with Crippen LogP contribution in [0.4, 0.5) is 0 Å². The molecule has 0 aliphatic carbocycles. The molecule has 5 rings (SSSR count). The summed E-state index contributed by atoms with van der Waals surface area (Å²) in [5.74, 6) is -0.663. The molecule has 1 saturated heterocycles. The van der Waals surface area contributed by atoms with E-state index in [2.05, 4.69) is 24.0 Å². The number of carbonyl (C=O) groups is 2. The van der Waals surface area contributed by atoms with Gasteiger partial charge in [-0.1, -0.05) is 43.3 Å². The van der Waals surface area contributed by atoms with Gasteiger partial charge in [-0.25, -0.2) is 0 Å². The van der Waals surface area contributed by atoms with Crippen LogP contribution in [0.15, 0.2) is 82.0 Å². The predicted octanol–water partition coefficient (Wildman–Crippen LogP) is 5.39. The molecule has 2 aliphatic rings. The summed E-state index contributed by atoms with van der Waals surface area (Å²) in [6.07, 6.45) is 3.64. The molecule has 1 fully saturated rings. The third-order valence-corrected chi connectivity index (χ3v) is 7.84. The minimum Gasteiger partial charge on any atom is -0.503 e. The van der Waals surface area contributed by atoms with E-state index in [0.717, 1.165) is 36.4 Å². The summed E-state index contributed by atoms with van der Waals surface area (Å²) >= 11 is 1.47. The Balaban J connectivity index is 1.52. The molecule has 34 heavy (non-hydrogen) atoms. The van der Waals surface area contributed by atoms with Gasteiger partial charge in [-0.05, 0) is 61.0 Å². The molecule has 0 saturated carbocycles. The lowest BCUT2D eigenvalue weighted by Crippen LogP contribution is -2.43. The Morgan fingerprint density at radius 3 is 2.53 bits per heavy atom. The molecule has 2 aromatic heterocycles. The van der Waals surface area contributed by atoms with Gasteiger partial charge in [-0.3, -0.25) is 14.5 Å². The number of ketones is 1. The van der Waals surface area contributed by atoms with Crippen LogP contribution in [0.5, 0.6) is 0 Å². The Labute approximate surface area is 203 Å². The van der Waals surface area contributed by atoms with Crippen LogP contribution in [-0.4, -0.2) is 46.2 Å². The Morgan fingerprint density at radius 1 is 1.12 bits per heavy atom. The predicted molar refractivity (Wildman–Crippen MR) is 131 cm³/mol. The fourth-order valence-electron chi connectivity index (χ4n) is 4.99.